The molecule has 0 aliphatic rings. The van der Waals surface area contributed by atoms with E-state index in [1.165, 1.54) is 26.1 Å². The van der Waals surface area contributed by atoms with Crippen molar-refractivity contribution in [3.8, 4) is 0 Å². The van der Waals surface area contributed by atoms with Crippen LogP contribution in [0.25, 0.3) is 10.8 Å². The minimum absolute atomic E-state index is 0.0339. The first-order chi connectivity index (χ1) is 9.67. The first kappa shape index (κ1) is 13.8. The highest BCUT2D eigenvalue weighted by Gasteiger charge is 2.11. The largest absolute Gasteiger partial charge is 0.320 e. The molecule has 0 radical (unpaired) electrons. The van der Waals surface area contributed by atoms with E-state index < -0.39 is 0 Å². The van der Waals surface area contributed by atoms with Gasteiger partial charge in [-0.15, -0.1) is 11.3 Å². The third-order valence-corrected chi connectivity index (χ3v) is 5.33. The summed E-state index contributed by atoms with van der Waals surface area (Å²) in [6.07, 6.45) is 1.07. The Balaban J connectivity index is 1.98. The summed E-state index contributed by atoms with van der Waals surface area (Å²) >= 11 is 5.32. The zero-order chi connectivity index (χ0) is 14.1. The zero-order valence-corrected chi connectivity index (χ0v) is 13.7. The van der Waals surface area contributed by atoms with Crippen LogP contribution >= 0.6 is 27.3 Å². The molecule has 20 heavy (non-hydrogen) atoms. The minimum atomic E-state index is -0.0339. The van der Waals surface area contributed by atoms with Crippen LogP contribution in [0, 0.1) is 0 Å². The summed E-state index contributed by atoms with van der Waals surface area (Å²) in [6, 6.07) is 17.1. The first-order valence-corrected chi connectivity index (χ1v) is 8.31. The SMILES string of the molecule is CCc1ccc(C(N)c2ccc3cc(Br)ccc3c2)s1. The summed E-state index contributed by atoms with van der Waals surface area (Å²) < 4.78 is 1.10. The number of rotatable bonds is 3. The molecule has 0 bridgehead atoms. The van der Waals surface area contributed by atoms with Crippen molar-refractivity contribution in [2.75, 3.05) is 0 Å². The average Bonchev–Trinajstić information content (AvgIpc) is 2.95. The molecule has 1 heterocycles. The molecule has 3 rings (SSSR count). The van der Waals surface area contributed by atoms with E-state index in [4.69, 9.17) is 5.73 Å². The van der Waals surface area contributed by atoms with Crippen LogP contribution in [0.5, 0.6) is 0 Å². The molecule has 1 unspecified atom stereocenters. The second-order valence-corrected chi connectivity index (χ2v) is 7.00. The van der Waals surface area contributed by atoms with Crippen LogP contribution in [0.1, 0.15) is 28.3 Å². The van der Waals surface area contributed by atoms with Crippen LogP contribution in [-0.2, 0) is 6.42 Å². The van der Waals surface area contributed by atoms with Gasteiger partial charge in [0.1, 0.15) is 0 Å². The average molecular weight is 346 g/mol. The minimum Gasteiger partial charge on any atom is -0.320 e. The van der Waals surface area contributed by atoms with Gasteiger partial charge < -0.3 is 5.73 Å². The number of aryl methyl sites for hydroxylation is 1. The molecule has 0 spiro atoms. The van der Waals surface area contributed by atoms with Gasteiger partial charge in [0.05, 0.1) is 6.04 Å². The van der Waals surface area contributed by atoms with E-state index in [9.17, 15) is 0 Å². The summed E-state index contributed by atoms with van der Waals surface area (Å²) in [7, 11) is 0. The van der Waals surface area contributed by atoms with Crippen LogP contribution in [0.4, 0.5) is 0 Å². The molecular weight excluding hydrogens is 330 g/mol. The molecule has 2 aromatic carbocycles. The second-order valence-electron chi connectivity index (χ2n) is 4.89. The fourth-order valence-electron chi connectivity index (χ4n) is 2.34. The number of hydrogen-bond donors (Lipinski definition) is 1. The molecule has 1 aromatic heterocycles. The van der Waals surface area contributed by atoms with E-state index in [1.807, 2.05) is 11.3 Å². The van der Waals surface area contributed by atoms with Crippen LogP contribution in [0.15, 0.2) is 53.0 Å². The van der Waals surface area contributed by atoms with Gasteiger partial charge in [-0.3, -0.25) is 0 Å². The molecule has 0 aliphatic heterocycles. The Labute approximate surface area is 131 Å². The Morgan fingerprint density at radius 3 is 2.55 bits per heavy atom. The molecule has 3 heteroatoms. The van der Waals surface area contributed by atoms with Crippen molar-refractivity contribution in [1.82, 2.24) is 0 Å². The third kappa shape index (κ3) is 2.66. The number of hydrogen-bond acceptors (Lipinski definition) is 2. The van der Waals surface area contributed by atoms with E-state index in [0.717, 1.165) is 10.9 Å². The monoisotopic (exact) mass is 345 g/mol. The highest BCUT2D eigenvalue weighted by Crippen LogP contribution is 2.29. The first-order valence-electron chi connectivity index (χ1n) is 6.71. The normalized spacial score (nSPS) is 12.8. The Morgan fingerprint density at radius 2 is 1.80 bits per heavy atom. The summed E-state index contributed by atoms with van der Waals surface area (Å²) in [5, 5.41) is 2.46. The fraction of sp³-hybridized carbons (Fsp3) is 0.176. The zero-order valence-electron chi connectivity index (χ0n) is 11.3. The number of benzene rings is 2. The van der Waals surface area contributed by atoms with E-state index in [0.29, 0.717) is 0 Å². The van der Waals surface area contributed by atoms with Gasteiger partial charge in [0.2, 0.25) is 0 Å². The van der Waals surface area contributed by atoms with Crippen LogP contribution in [0.3, 0.4) is 0 Å². The van der Waals surface area contributed by atoms with Gasteiger partial charge >= 0.3 is 0 Å². The Bertz CT molecular complexity index is 748. The molecule has 2 N–H and O–H groups in total. The van der Waals surface area contributed by atoms with Crippen LogP contribution in [0.2, 0.25) is 0 Å². The summed E-state index contributed by atoms with van der Waals surface area (Å²) in [5.74, 6) is 0. The topological polar surface area (TPSA) is 26.0 Å². The molecule has 0 saturated heterocycles. The van der Waals surface area contributed by atoms with Gasteiger partial charge in [-0.1, -0.05) is 41.1 Å². The number of fused-ring (bicyclic) bond motifs is 1. The van der Waals surface area contributed by atoms with Crippen molar-refractivity contribution >= 4 is 38.0 Å². The molecule has 3 aromatic rings. The lowest BCUT2D eigenvalue weighted by Crippen LogP contribution is -2.09. The van der Waals surface area contributed by atoms with E-state index in [-0.39, 0.29) is 6.04 Å². The lowest BCUT2D eigenvalue weighted by molar-refractivity contribution is 0.896. The van der Waals surface area contributed by atoms with Gasteiger partial charge in [0.15, 0.2) is 0 Å². The van der Waals surface area contributed by atoms with Crippen molar-refractivity contribution in [2.24, 2.45) is 5.73 Å². The smallest absolute Gasteiger partial charge is 0.0646 e. The Kier molecular flexibility index (Phi) is 3.92. The van der Waals surface area contributed by atoms with Crippen molar-refractivity contribution in [3.05, 3.63) is 68.3 Å². The maximum atomic E-state index is 6.41. The molecule has 102 valence electrons. The predicted molar refractivity (Wildman–Crippen MR) is 91.4 cm³/mol. The lowest BCUT2D eigenvalue weighted by Gasteiger charge is -2.11. The standard InChI is InChI=1S/C17H16BrNS/c1-2-15-7-8-16(20-15)17(19)13-4-3-12-10-14(18)6-5-11(12)9-13/h3-10,17H,2,19H2,1H3. The maximum absolute atomic E-state index is 6.41. The summed E-state index contributed by atoms with van der Waals surface area (Å²) in [4.78, 5) is 2.62. The van der Waals surface area contributed by atoms with E-state index in [2.05, 4.69) is 71.4 Å². The number of halogens is 1. The second kappa shape index (κ2) is 5.68. The molecule has 1 nitrogen and oxygen atoms in total. The third-order valence-electron chi connectivity index (χ3n) is 3.52. The van der Waals surface area contributed by atoms with Crippen molar-refractivity contribution in [1.29, 1.82) is 0 Å². The van der Waals surface area contributed by atoms with Crippen molar-refractivity contribution in [3.63, 3.8) is 0 Å². The predicted octanol–water partition coefficient (Wildman–Crippen LogP) is 5.27. The highest BCUT2D eigenvalue weighted by molar-refractivity contribution is 9.10. The van der Waals surface area contributed by atoms with Gasteiger partial charge in [0.25, 0.3) is 0 Å². The molecule has 0 fully saturated rings. The Hall–Kier alpha value is -1.16. The van der Waals surface area contributed by atoms with Crippen molar-refractivity contribution < 1.29 is 0 Å². The maximum Gasteiger partial charge on any atom is 0.0646 e. The number of thiophene rings is 1. The van der Waals surface area contributed by atoms with Crippen LogP contribution < -0.4 is 5.73 Å². The van der Waals surface area contributed by atoms with Gasteiger partial charge in [-0.2, -0.15) is 0 Å². The van der Waals surface area contributed by atoms with Crippen molar-refractivity contribution in [2.45, 2.75) is 19.4 Å². The number of nitrogens with two attached hydrogens (primary N) is 1. The van der Waals surface area contributed by atoms with E-state index >= 15 is 0 Å². The summed E-state index contributed by atoms with van der Waals surface area (Å²) in [6.45, 7) is 2.18. The summed E-state index contributed by atoms with van der Waals surface area (Å²) in [5.41, 5.74) is 7.58. The molecular formula is C17H16BrNS. The molecule has 0 aliphatic carbocycles. The van der Waals surface area contributed by atoms with Gasteiger partial charge in [0, 0.05) is 14.2 Å². The lowest BCUT2D eigenvalue weighted by atomic mass is 10.0. The van der Waals surface area contributed by atoms with E-state index in [1.54, 1.807) is 0 Å². The van der Waals surface area contributed by atoms with Gasteiger partial charge in [-0.25, -0.2) is 0 Å². The molecule has 1 atom stereocenters. The fourth-order valence-corrected chi connectivity index (χ4v) is 3.71. The molecule has 0 amide bonds. The highest BCUT2D eigenvalue weighted by atomic mass is 79.9. The molecule has 0 saturated carbocycles. The quantitative estimate of drug-likeness (QED) is 0.686. The van der Waals surface area contributed by atoms with Crippen LogP contribution in [-0.4, -0.2) is 0 Å². The van der Waals surface area contributed by atoms with Gasteiger partial charge in [-0.05, 0) is 53.1 Å². The Morgan fingerprint density at radius 1 is 1.05 bits per heavy atom.